The molecule has 0 aliphatic rings. The van der Waals surface area contributed by atoms with E-state index in [4.69, 9.17) is 10.8 Å². The van der Waals surface area contributed by atoms with Gasteiger partial charge in [0.1, 0.15) is 0 Å². The van der Waals surface area contributed by atoms with Crippen LogP contribution in [0.25, 0.3) is 0 Å². The number of nitrogens with two attached hydrogens (primary N) is 1. The van der Waals surface area contributed by atoms with E-state index in [9.17, 15) is 13.6 Å². The summed E-state index contributed by atoms with van der Waals surface area (Å²) >= 11 is 0. The van der Waals surface area contributed by atoms with Crippen molar-refractivity contribution in [3.05, 3.63) is 35.4 Å². The molecule has 0 radical (unpaired) electrons. The summed E-state index contributed by atoms with van der Waals surface area (Å²) < 4.78 is 25.5. The van der Waals surface area contributed by atoms with Crippen molar-refractivity contribution in [3.63, 3.8) is 0 Å². The molecule has 5 heteroatoms. The average Bonchev–Trinajstić information content (AvgIpc) is 2.22. The minimum Gasteiger partial charge on any atom is -0.481 e. The van der Waals surface area contributed by atoms with Gasteiger partial charge in [0.05, 0.1) is 5.92 Å². The van der Waals surface area contributed by atoms with Crippen LogP contribution in [0.1, 0.15) is 12.0 Å². The maximum absolute atomic E-state index is 12.9. The molecule has 0 aromatic heterocycles. The lowest BCUT2D eigenvalue weighted by Crippen LogP contribution is -2.20. The predicted molar refractivity (Wildman–Crippen MR) is 54.9 cm³/mol. The van der Waals surface area contributed by atoms with Gasteiger partial charge in [0, 0.05) is 0 Å². The van der Waals surface area contributed by atoms with Crippen molar-refractivity contribution in [2.24, 2.45) is 11.7 Å². The van der Waals surface area contributed by atoms with E-state index in [0.29, 0.717) is 12.0 Å². The molecule has 0 bridgehead atoms. The summed E-state index contributed by atoms with van der Waals surface area (Å²) in [5.41, 5.74) is 5.74. The van der Waals surface area contributed by atoms with Crippen molar-refractivity contribution in [2.75, 3.05) is 6.54 Å². The molecule has 0 aliphatic carbocycles. The van der Waals surface area contributed by atoms with Gasteiger partial charge in [0.15, 0.2) is 11.6 Å². The largest absolute Gasteiger partial charge is 0.481 e. The van der Waals surface area contributed by atoms with E-state index in [0.717, 1.165) is 12.1 Å². The van der Waals surface area contributed by atoms with Gasteiger partial charge < -0.3 is 10.8 Å². The molecule has 0 saturated heterocycles. The Hall–Kier alpha value is -1.49. The van der Waals surface area contributed by atoms with Crippen LogP contribution >= 0.6 is 0 Å². The second kappa shape index (κ2) is 5.55. The number of halogens is 2. The summed E-state index contributed by atoms with van der Waals surface area (Å²) in [6, 6.07) is 3.39. The van der Waals surface area contributed by atoms with Crippen molar-refractivity contribution in [2.45, 2.75) is 12.8 Å². The molecule has 0 amide bonds. The van der Waals surface area contributed by atoms with Crippen LogP contribution in [-0.4, -0.2) is 17.6 Å². The van der Waals surface area contributed by atoms with Crippen LogP contribution in [0.4, 0.5) is 8.78 Å². The fourth-order valence-electron chi connectivity index (χ4n) is 1.47. The molecule has 88 valence electrons. The number of hydrogen-bond donors (Lipinski definition) is 2. The first kappa shape index (κ1) is 12.6. The number of hydrogen-bond acceptors (Lipinski definition) is 2. The first-order valence-corrected chi connectivity index (χ1v) is 4.91. The molecule has 0 heterocycles. The van der Waals surface area contributed by atoms with Crippen molar-refractivity contribution in [1.82, 2.24) is 0 Å². The number of carbonyl (C=O) groups is 1. The standard InChI is InChI=1S/C11H13F2NO2/c12-9-2-1-7(6-10(9)13)5-8(3-4-14)11(15)16/h1-2,6,8H,3-5,14H2,(H,15,16). The van der Waals surface area contributed by atoms with E-state index in [-0.39, 0.29) is 13.0 Å². The van der Waals surface area contributed by atoms with Gasteiger partial charge in [-0.25, -0.2) is 8.78 Å². The zero-order valence-electron chi connectivity index (χ0n) is 8.62. The lowest BCUT2D eigenvalue weighted by molar-refractivity contribution is -0.141. The average molecular weight is 229 g/mol. The Labute approximate surface area is 91.9 Å². The molecule has 1 rings (SSSR count). The third-order valence-electron chi connectivity index (χ3n) is 2.33. The molecule has 0 spiro atoms. The Bertz CT molecular complexity index is 382. The molecule has 3 nitrogen and oxygen atoms in total. The second-order valence-electron chi connectivity index (χ2n) is 3.57. The highest BCUT2D eigenvalue weighted by atomic mass is 19.2. The second-order valence-corrected chi connectivity index (χ2v) is 3.57. The zero-order chi connectivity index (χ0) is 12.1. The van der Waals surface area contributed by atoms with E-state index in [1.165, 1.54) is 6.07 Å². The molecule has 3 N–H and O–H groups in total. The lowest BCUT2D eigenvalue weighted by atomic mass is 9.96. The summed E-state index contributed by atoms with van der Waals surface area (Å²) in [6.45, 7) is 0.251. The minimum absolute atomic E-state index is 0.156. The molecule has 16 heavy (non-hydrogen) atoms. The Morgan fingerprint density at radius 3 is 2.56 bits per heavy atom. The topological polar surface area (TPSA) is 63.3 Å². The van der Waals surface area contributed by atoms with Crippen LogP contribution < -0.4 is 5.73 Å². The van der Waals surface area contributed by atoms with Crippen LogP contribution in [0.2, 0.25) is 0 Å². The molecule has 0 fully saturated rings. The highest BCUT2D eigenvalue weighted by molar-refractivity contribution is 5.70. The minimum atomic E-state index is -0.977. The fourth-order valence-corrected chi connectivity index (χ4v) is 1.47. The van der Waals surface area contributed by atoms with E-state index >= 15 is 0 Å². The molecule has 1 atom stereocenters. The van der Waals surface area contributed by atoms with Crippen LogP contribution in [0.5, 0.6) is 0 Å². The number of carboxylic acid groups (broad SMARTS) is 1. The smallest absolute Gasteiger partial charge is 0.306 e. The van der Waals surface area contributed by atoms with Crippen molar-refractivity contribution >= 4 is 5.97 Å². The molecule has 1 aromatic carbocycles. The van der Waals surface area contributed by atoms with Gasteiger partial charge in [-0.05, 0) is 37.1 Å². The first-order valence-electron chi connectivity index (χ1n) is 4.91. The molecule has 1 unspecified atom stereocenters. The highest BCUT2D eigenvalue weighted by Crippen LogP contribution is 2.15. The normalized spacial score (nSPS) is 12.4. The summed E-state index contributed by atoms with van der Waals surface area (Å²) in [5.74, 6) is -3.53. The van der Waals surface area contributed by atoms with Crippen molar-refractivity contribution in [3.8, 4) is 0 Å². The summed E-state index contributed by atoms with van der Waals surface area (Å²) in [6.07, 6.45) is 0.470. The molecule has 0 aliphatic heterocycles. The first-order chi connectivity index (χ1) is 7.54. The third kappa shape index (κ3) is 3.27. The number of carboxylic acids is 1. The van der Waals surface area contributed by atoms with E-state index in [1.807, 2.05) is 0 Å². The van der Waals surface area contributed by atoms with Gasteiger partial charge in [0.25, 0.3) is 0 Å². The SMILES string of the molecule is NCCC(Cc1ccc(F)c(F)c1)C(=O)O. The molecule has 1 aromatic rings. The van der Waals surface area contributed by atoms with Gasteiger partial charge in [-0.15, -0.1) is 0 Å². The predicted octanol–water partition coefficient (Wildman–Crippen LogP) is 1.56. The molecular weight excluding hydrogens is 216 g/mol. The summed E-state index contributed by atoms with van der Waals surface area (Å²) in [5, 5.41) is 8.87. The van der Waals surface area contributed by atoms with Crippen molar-refractivity contribution < 1.29 is 18.7 Å². The monoisotopic (exact) mass is 229 g/mol. The third-order valence-corrected chi connectivity index (χ3v) is 2.33. The highest BCUT2D eigenvalue weighted by Gasteiger charge is 2.17. The van der Waals surface area contributed by atoms with Gasteiger partial charge >= 0.3 is 5.97 Å². The summed E-state index contributed by atoms with van der Waals surface area (Å²) in [4.78, 5) is 10.8. The van der Waals surface area contributed by atoms with Gasteiger partial charge in [0.2, 0.25) is 0 Å². The van der Waals surface area contributed by atoms with E-state index in [2.05, 4.69) is 0 Å². The number of rotatable bonds is 5. The van der Waals surface area contributed by atoms with Gasteiger partial charge in [-0.1, -0.05) is 6.07 Å². The van der Waals surface area contributed by atoms with E-state index in [1.54, 1.807) is 0 Å². The van der Waals surface area contributed by atoms with Crippen LogP contribution in [0, 0.1) is 17.6 Å². The summed E-state index contributed by atoms with van der Waals surface area (Å²) in [7, 11) is 0. The number of aliphatic carboxylic acids is 1. The Morgan fingerprint density at radius 1 is 1.38 bits per heavy atom. The van der Waals surface area contributed by atoms with Gasteiger partial charge in [-0.2, -0.15) is 0 Å². The zero-order valence-corrected chi connectivity index (χ0v) is 8.62. The van der Waals surface area contributed by atoms with Crippen LogP contribution in [0.3, 0.4) is 0 Å². The van der Waals surface area contributed by atoms with Crippen molar-refractivity contribution in [1.29, 1.82) is 0 Å². The maximum Gasteiger partial charge on any atom is 0.306 e. The quantitative estimate of drug-likeness (QED) is 0.805. The Kier molecular flexibility index (Phi) is 4.37. The van der Waals surface area contributed by atoms with E-state index < -0.39 is 23.5 Å². The molecule has 0 saturated carbocycles. The molecular formula is C11H13F2NO2. The van der Waals surface area contributed by atoms with Crippen LogP contribution in [0.15, 0.2) is 18.2 Å². The Morgan fingerprint density at radius 2 is 2.06 bits per heavy atom. The lowest BCUT2D eigenvalue weighted by Gasteiger charge is -2.11. The van der Waals surface area contributed by atoms with Crippen LogP contribution in [-0.2, 0) is 11.2 Å². The Balaban J connectivity index is 2.77. The van der Waals surface area contributed by atoms with Gasteiger partial charge in [-0.3, -0.25) is 4.79 Å². The maximum atomic E-state index is 12.9. The fraction of sp³-hybridized carbons (Fsp3) is 0.364. The number of benzene rings is 1.